The average Bonchev–Trinajstić information content (AvgIpc) is 2.70. The Balaban J connectivity index is 2.57. The fourth-order valence-electron chi connectivity index (χ4n) is 1.61. The normalized spacial score (nSPS) is 11.6. The van der Waals surface area contributed by atoms with Crippen LogP contribution in [-0.4, -0.2) is 20.7 Å². The molecule has 1 heterocycles. The maximum atomic E-state index is 12.7. The van der Waals surface area contributed by atoms with Crippen molar-refractivity contribution in [2.75, 3.05) is 5.73 Å². The van der Waals surface area contributed by atoms with Crippen LogP contribution in [0.3, 0.4) is 0 Å². The molecule has 0 spiro atoms. The van der Waals surface area contributed by atoms with Crippen LogP contribution in [0.15, 0.2) is 24.3 Å². The molecule has 0 aliphatic carbocycles. The smallest absolute Gasteiger partial charge is 0.367 e. The van der Waals surface area contributed by atoms with Gasteiger partial charge in [-0.1, -0.05) is 18.2 Å². The Hall–Kier alpha value is -2.38. The van der Waals surface area contributed by atoms with Gasteiger partial charge in [-0.2, -0.15) is 13.2 Å². The number of hydrogen-bond donors (Lipinski definition) is 1. The zero-order chi connectivity index (χ0) is 14.2. The third-order valence-electron chi connectivity index (χ3n) is 2.52. The zero-order valence-corrected chi connectivity index (χ0v) is 9.77. The van der Waals surface area contributed by atoms with E-state index in [0.29, 0.717) is 5.56 Å². The van der Waals surface area contributed by atoms with Gasteiger partial charge in [0.25, 0.3) is 5.91 Å². The Morgan fingerprint density at radius 2 is 1.89 bits per heavy atom. The summed E-state index contributed by atoms with van der Waals surface area (Å²) in [4.78, 5) is 12.1. The van der Waals surface area contributed by atoms with E-state index in [1.807, 2.05) is 0 Å². The van der Waals surface area contributed by atoms with Gasteiger partial charge in [-0.05, 0) is 18.6 Å². The SMILES string of the molecule is Cc1ccccc1C(=O)n1c(N)nnc1C(F)(F)F. The van der Waals surface area contributed by atoms with E-state index in [9.17, 15) is 18.0 Å². The second-order valence-corrected chi connectivity index (χ2v) is 3.84. The lowest BCUT2D eigenvalue weighted by atomic mass is 10.1. The molecule has 0 unspecified atom stereocenters. The number of halogens is 3. The lowest BCUT2D eigenvalue weighted by Crippen LogP contribution is -2.23. The van der Waals surface area contributed by atoms with Crippen molar-refractivity contribution in [3.63, 3.8) is 0 Å². The van der Waals surface area contributed by atoms with Crippen molar-refractivity contribution >= 4 is 11.9 Å². The molecule has 0 amide bonds. The van der Waals surface area contributed by atoms with Gasteiger partial charge in [-0.25, -0.2) is 4.57 Å². The predicted molar refractivity (Wildman–Crippen MR) is 60.3 cm³/mol. The number of anilines is 1. The Kier molecular flexibility index (Phi) is 3.01. The number of nitrogen functional groups attached to an aromatic ring is 1. The number of carbonyl (C=O) groups is 1. The van der Waals surface area contributed by atoms with Gasteiger partial charge in [0.1, 0.15) is 0 Å². The molecular formula is C11H9F3N4O. The van der Waals surface area contributed by atoms with E-state index in [2.05, 4.69) is 10.2 Å². The zero-order valence-electron chi connectivity index (χ0n) is 9.77. The molecule has 19 heavy (non-hydrogen) atoms. The van der Waals surface area contributed by atoms with Crippen LogP contribution in [0.4, 0.5) is 19.1 Å². The molecule has 0 saturated heterocycles. The van der Waals surface area contributed by atoms with E-state index < -0.39 is 23.9 Å². The van der Waals surface area contributed by atoms with Gasteiger partial charge in [-0.3, -0.25) is 4.79 Å². The van der Waals surface area contributed by atoms with E-state index >= 15 is 0 Å². The van der Waals surface area contributed by atoms with Crippen molar-refractivity contribution in [2.45, 2.75) is 13.1 Å². The van der Waals surface area contributed by atoms with Gasteiger partial charge >= 0.3 is 6.18 Å². The van der Waals surface area contributed by atoms with Crippen LogP contribution >= 0.6 is 0 Å². The largest absolute Gasteiger partial charge is 0.452 e. The summed E-state index contributed by atoms with van der Waals surface area (Å²) < 4.78 is 38.4. The Morgan fingerprint density at radius 1 is 1.26 bits per heavy atom. The summed E-state index contributed by atoms with van der Waals surface area (Å²) in [7, 11) is 0. The first-order chi connectivity index (χ1) is 8.82. The van der Waals surface area contributed by atoms with E-state index in [1.54, 1.807) is 25.1 Å². The molecule has 0 radical (unpaired) electrons. The van der Waals surface area contributed by atoms with Gasteiger partial charge in [0.2, 0.25) is 11.8 Å². The number of rotatable bonds is 1. The fourth-order valence-corrected chi connectivity index (χ4v) is 1.61. The molecule has 2 aromatic rings. The van der Waals surface area contributed by atoms with E-state index in [1.165, 1.54) is 6.07 Å². The maximum Gasteiger partial charge on any atom is 0.452 e. The first-order valence-electron chi connectivity index (χ1n) is 5.21. The highest BCUT2D eigenvalue weighted by Crippen LogP contribution is 2.29. The van der Waals surface area contributed by atoms with E-state index in [0.717, 1.165) is 0 Å². The number of nitrogens with zero attached hydrogens (tertiary/aromatic N) is 3. The predicted octanol–water partition coefficient (Wildman–Crippen LogP) is 1.88. The number of hydrogen-bond acceptors (Lipinski definition) is 4. The fraction of sp³-hybridized carbons (Fsp3) is 0.182. The van der Waals surface area contributed by atoms with Crippen molar-refractivity contribution in [3.8, 4) is 0 Å². The first kappa shape index (κ1) is 13.1. The van der Waals surface area contributed by atoms with Gasteiger partial charge < -0.3 is 5.73 Å². The first-order valence-corrected chi connectivity index (χ1v) is 5.21. The summed E-state index contributed by atoms with van der Waals surface area (Å²) in [5.41, 5.74) is 5.94. The third-order valence-corrected chi connectivity index (χ3v) is 2.52. The molecule has 2 rings (SSSR count). The quantitative estimate of drug-likeness (QED) is 0.858. The van der Waals surface area contributed by atoms with Crippen molar-refractivity contribution in [2.24, 2.45) is 0 Å². The summed E-state index contributed by atoms with van der Waals surface area (Å²) in [5, 5.41) is 6.01. The molecule has 100 valence electrons. The molecule has 5 nitrogen and oxygen atoms in total. The summed E-state index contributed by atoms with van der Waals surface area (Å²) in [6, 6.07) is 6.25. The maximum absolute atomic E-state index is 12.7. The molecule has 8 heteroatoms. The van der Waals surface area contributed by atoms with Crippen LogP contribution in [0.1, 0.15) is 21.7 Å². The van der Waals surface area contributed by atoms with Crippen molar-refractivity contribution in [1.82, 2.24) is 14.8 Å². The van der Waals surface area contributed by atoms with Crippen molar-refractivity contribution < 1.29 is 18.0 Å². The van der Waals surface area contributed by atoms with Gasteiger partial charge in [0.05, 0.1) is 0 Å². The highest BCUT2D eigenvalue weighted by atomic mass is 19.4. The molecule has 1 aromatic heterocycles. The third kappa shape index (κ3) is 2.28. The highest BCUT2D eigenvalue weighted by molar-refractivity contribution is 5.98. The van der Waals surface area contributed by atoms with Crippen LogP contribution in [0, 0.1) is 6.92 Å². The topological polar surface area (TPSA) is 73.8 Å². The van der Waals surface area contributed by atoms with Crippen molar-refractivity contribution in [3.05, 3.63) is 41.2 Å². The van der Waals surface area contributed by atoms with Crippen LogP contribution in [0.25, 0.3) is 0 Å². The minimum Gasteiger partial charge on any atom is -0.367 e. The number of aromatic nitrogens is 3. The van der Waals surface area contributed by atoms with Crippen LogP contribution in [-0.2, 0) is 6.18 Å². The molecule has 0 saturated carbocycles. The summed E-state index contributed by atoms with van der Waals surface area (Å²) in [6.45, 7) is 1.61. The molecular weight excluding hydrogens is 261 g/mol. The lowest BCUT2D eigenvalue weighted by molar-refractivity contribution is -0.146. The Bertz CT molecular complexity index is 633. The Labute approximate surface area is 105 Å². The second-order valence-electron chi connectivity index (χ2n) is 3.84. The minimum absolute atomic E-state index is 0.111. The summed E-state index contributed by atoms with van der Waals surface area (Å²) in [5.74, 6) is -2.94. The molecule has 0 aliphatic rings. The van der Waals surface area contributed by atoms with E-state index in [-0.39, 0.29) is 10.1 Å². The number of nitrogens with two attached hydrogens (primary N) is 1. The van der Waals surface area contributed by atoms with Crippen molar-refractivity contribution in [1.29, 1.82) is 0 Å². The molecule has 0 fully saturated rings. The minimum atomic E-state index is -4.80. The standard InChI is InChI=1S/C11H9F3N4O/c1-6-4-2-3-5-7(6)8(19)18-9(11(12,13)14)16-17-10(18)15/h2-5H,1H3,(H2,15,17). The molecule has 2 N–H and O–H groups in total. The molecule has 0 atom stereocenters. The average molecular weight is 270 g/mol. The van der Waals surface area contributed by atoms with Gasteiger partial charge in [0.15, 0.2) is 0 Å². The van der Waals surface area contributed by atoms with E-state index in [4.69, 9.17) is 5.73 Å². The van der Waals surface area contributed by atoms with Crippen LogP contribution in [0.2, 0.25) is 0 Å². The second kappa shape index (κ2) is 4.38. The van der Waals surface area contributed by atoms with Gasteiger partial charge in [0, 0.05) is 5.56 Å². The lowest BCUT2D eigenvalue weighted by Gasteiger charge is -2.10. The number of benzene rings is 1. The number of alkyl halides is 3. The molecule has 0 aliphatic heterocycles. The monoisotopic (exact) mass is 270 g/mol. The summed E-state index contributed by atoms with van der Waals surface area (Å²) >= 11 is 0. The van der Waals surface area contributed by atoms with Crippen LogP contribution in [0.5, 0.6) is 0 Å². The van der Waals surface area contributed by atoms with Crippen LogP contribution < -0.4 is 5.73 Å². The summed E-state index contributed by atoms with van der Waals surface area (Å²) in [6.07, 6.45) is -4.80. The Morgan fingerprint density at radius 3 is 2.47 bits per heavy atom. The molecule has 1 aromatic carbocycles. The number of carbonyl (C=O) groups excluding carboxylic acids is 1. The number of aryl methyl sites for hydroxylation is 1. The molecule has 0 bridgehead atoms. The van der Waals surface area contributed by atoms with Gasteiger partial charge in [-0.15, -0.1) is 10.2 Å². The highest BCUT2D eigenvalue weighted by Gasteiger charge is 2.40.